The first-order valence-electron chi connectivity index (χ1n) is 7.33. The molecule has 0 aromatic rings. The average molecular weight is 332 g/mol. The molecule has 6 nitrogen and oxygen atoms in total. The van der Waals surface area contributed by atoms with Crippen molar-refractivity contribution >= 4 is 25.0 Å². The van der Waals surface area contributed by atoms with Gasteiger partial charge in [-0.1, -0.05) is 13.3 Å². The monoisotopic (exact) mass is 332 g/mol. The van der Waals surface area contributed by atoms with E-state index >= 15 is 0 Å². The number of hydrogen-bond acceptors (Lipinski definition) is 4. The van der Waals surface area contributed by atoms with E-state index in [1.54, 1.807) is 0 Å². The molecule has 0 saturated carbocycles. The van der Waals surface area contributed by atoms with E-state index < -0.39 is 19.7 Å². The summed E-state index contributed by atoms with van der Waals surface area (Å²) in [6.07, 6.45) is 4.67. The van der Waals surface area contributed by atoms with E-state index in [-0.39, 0.29) is 6.61 Å². The Balaban J connectivity index is 4.68. The molecule has 0 bridgehead atoms. The number of esters is 1. The molecule has 0 spiro atoms. The SMILES string of the molecule is CCCCC(COC(=O)/C=C\C(=O)O)=[P+]([O-])CC[N+](C)(C)C. The number of ether oxygens (including phenoxy) is 1. The Hall–Kier alpha value is -1.23. The Morgan fingerprint density at radius 1 is 1.27 bits per heavy atom. The molecule has 0 aromatic heterocycles. The van der Waals surface area contributed by atoms with Crippen LogP contribution in [0.3, 0.4) is 0 Å². The normalized spacial score (nSPS) is 13.1. The molecule has 0 aliphatic heterocycles. The molecular formula is C15H27NO5P+. The van der Waals surface area contributed by atoms with Crippen LogP contribution < -0.4 is 4.89 Å². The number of quaternary nitrogens is 1. The molecule has 1 N–H and O–H groups in total. The summed E-state index contributed by atoms with van der Waals surface area (Å²) in [5.41, 5.74) is 0. The van der Waals surface area contributed by atoms with Crippen molar-refractivity contribution in [1.29, 1.82) is 0 Å². The van der Waals surface area contributed by atoms with Crippen molar-refractivity contribution in [2.45, 2.75) is 26.2 Å². The van der Waals surface area contributed by atoms with Crippen LogP contribution in [0, 0.1) is 0 Å². The van der Waals surface area contributed by atoms with Gasteiger partial charge >= 0.3 is 11.9 Å². The second-order valence-corrected chi connectivity index (χ2v) is 7.90. The molecule has 0 fully saturated rings. The van der Waals surface area contributed by atoms with E-state index in [4.69, 9.17) is 9.84 Å². The predicted octanol–water partition coefficient (Wildman–Crippen LogP) is 0.996. The second kappa shape index (κ2) is 10.5. The van der Waals surface area contributed by atoms with Gasteiger partial charge in [0, 0.05) is 18.6 Å². The number of rotatable bonds is 10. The van der Waals surface area contributed by atoms with Gasteiger partial charge in [0.15, 0.2) is 12.8 Å². The predicted molar refractivity (Wildman–Crippen MR) is 87.0 cm³/mol. The number of carbonyl (C=O) groups excluding carboxylic acids is 1. The molecule has 22 heavy (non-hydrogen) atoms. The third kappa shape index (κ3) is 11.4. The first-order valence-corrected chi connectivity index (χ1v) is 8.77. The summed E-state index contributed by atoms with van der Waals surface area (Å²) in [5, 5.41) is 9.18. The fourth-order valence-corrected chi connectivity index (χ4v) is 3.25. The third-order valence-corrected chi connectivity index (χ3v) is 4.55. The highest BCUT2D eigenvalue weighted by Gasteiger charge is 2.16. The third-order valence-electron chi connectivity index (χ3n) is 2.89. The lowest BCUT2D eigenvalue weighted by Gasteiger charge is -2.22. The lowest BCUT2D eigenvalue weighted by molar-refractivity contribution is -0.867. The number of hydrogen-bond donors (Lipinski definition) is 1. The van der Waals surface area contributed by atoms with Crippen molar-refractivity contribution in [3.05, 3.63) is 12.2 Å². The van der Waals surface area contributed by atoms with Crippen LogP contribution in [0.5, 0.6) is 0 Å². The molecule has 126 valence electrons. The lowest BCUT2D eigenvalue weighted by Crippen LogP contribution is -2.37. The molecule has 0 aliphatic carbocycles. The molecule has 0 saturated heterocycles. The molecule has 0 radical (unpaired) electrons. The van der Waals surface area contributed by atoms with Gasteiger partial charge in [0.1, 0.15) is 11.8 Å². The molecule has 0 aliphatic rings. The fourth-order valence-electron chi connectivity index (χ4n) is 1.54. The van der Waals surface area contributed by atoms with Gasteiger partial charge in [-0.15, -0.1) is 0 Å². The highest BCUT2D eigenvalue weighted by molar-refractivity contribution is 7.51. The first kappa shape index (κ1) is 20.8. The minimum Gasteiger partial charge on any atom is -0.630 e. The van der Waals surface area contributed by atoms with Gasteiger partial charge in [0.05, 0.1) is 28.9 Å². The fraction of sp³-hybridized carbons (Fsp3) is 0.667. The van der Waals surface area contributed by atoms with Crippen molar-refractivity contribution in [3.63, 3.8) is 0 Å². The summed E-state index contributed by atoms with van der Waals surface area (Å²) in [4.78, 5) is 34.1. The molecule has 0 rings (SSSR count). The molecular weight excluding hydrogens is 305 g/mol. The highest BCUT2D eigenvalue weighted by atomic mass is 31.1. The van der Waals surface area contributed by atoms with Gasteiger partial charge in [0.25, 0.3) is 0 Å². The summed E-state index contributed by atoms with van der Waals surface area (Å²) in [6, 6.07) is 0. The number of carboxylic acid groups (broad SMARTS) is 1. The largest absolute Gasteiger partial charge is 0.630 e. The topological polar surface area (TPSA) is 86.7 Å². The number of unbranched alkanes of at least 4 members (excludes halogenated alkanes) is 1. The number of carboxylic acids is 1. The summed E-state index contributed by atoms with van der Waals surface area (Å²) in [7, 11) is 4.56. The zero-order valence-corrected chi connectivity index (χ0v) is 14.8. The van der Waals surface area contributed by atoms with E-state index in [0.29, 0.717) is 12.6 Å². The Labute approximate surface area is 133 Å². The van der Waals surface area contributed by atoms with Crippen LogP contribution in [0.4, 0.5) is 0 Å². The molecule has 1 unspecified atom stereocenters. The van der Waals surface area contributed by atoms with Crippen LogP contribution in [0.2, 0.25) is 0 Å². The molecule has 1 atom stereocenters. The van der Waals surface area contributed by atoms with Gasteiger partial charge in [-0.2, -0.15) is 0 Å². The maximum atomic E-state index is 12.4. The maximum Gasteiger partial charge on any atom is 0.331 e. The second-order valence-electron chi connectivity index (χ2n) is 6.07. The van der Waals surface area contributed by atoms with E-state index in [9.17, 15) is 14.5 Å². The smallest absolute Gasteiger partial charge is 0.331 e. The van der Waals surface area contributed by atoms with Gasteiger partial charge in [0.2, 0.25) is 0 Å². The van der Waals surface area contributed by atoms with Crippen molar-refractivity contribution < 1.29 is 28.8 Å². The minimum absolute atomic E-state index is 0.00482. The highest BCUT2D eigenvalue weighted by Crippen LogP contribution is 2.18. The van der Waals surface area contributed by atoms with E-state index in [2.05, 4.69) is 0 Å². The molecule has 7 heteroatoms. The summed E-state index contributed by atoms with van der Waals surface area (Å²) in [5.74, 6) is -1.94. The van der Waals surface area contributed by atoms with Gasteiger partial charge < -0.3 is 19.2 Å². The first-order chi connectivity index (χ1) is 10.2. The van der Waals surface area contributed by atoms with Crippen LogP contribution in [0.1, 0.15) is 26.2 Å². The summed E-state index contributed by atoms with van der Waals surface area (Å²) >= 11 is 0. The van der Waals surface area contributed by atoms with Crippen LogP contribution >= 0.6 is 7.77 Å². The van der Waals surface area contributed by atoms with E-state index in [1.165, 1.54) is 0 Å². The zero-order valence-electron chi connectivity index (χ0n) is 13.9. The van der Waals surface area contributed by atoms with Crippen molar-refractivity contribution in [1.82, 2.24) is 0 Å². The average Bonchev–Trinajstić information content (AvgIpc) is 2.41. The number of aliphatic carboxylic acids is 1. The van der Waals surface area contributed by atoms with E-state index in [1.807, 2.05) is 28.1 Å². The molecule has 0 heterocycles. The Kier molecular flexibility index (Phi) is 9.90. The van der Waals surface area contributed by atoms with Crippen molar-refractivity contribution in [3.8, 4) is 0 Å². The lowest BCUT2D eigenvalue weighted by atomic mass is 10.2. The number of carbonyl (C=O) groups is 2. The molecule has 0 amide bonds. The standard InChI is InChI=1S/C15H26NO5P/c1-5-6-7-13(22(20)11-10-16(2,3)4)12-21-15(19)9-8-14(17)18/h8-9H,5-7,10-12H2,1-4H3/p+1/b9-8-. The summed E-state index contributed by atoms with van der Waals surface area (Å²) in [6.45, 7) is 2.81. The van der Waals surface area contributed by atoms with Crippen molar-refractivity contribution in [2.75, 3.05) is 40.5 Å². The molecule has 0 aromatic carbocycles. The van der Waals surface area contributed by atoms with Gasteiger partial charge in [-0.3, -0.25) is 0 Å². The minimum atomic E-state index is -1.54. The van der Waals surface area contributed by atoms with Crippen molar-refractivity contribution in [2.24, 2.45) is 0 Å². The zero-order chi connectivity index (χ0) is 17.2. The Bertz CT molecular complexity index is 438. The van der Waals surface area contributed by atoms with Gasteiger partial charge in [-0.05, 0) is 6.42 Å². The quantitative estimate of drug-likeness (QED) is 0.279. The van der Waals surface area contributed by atoms with Crippen LogP contribution in [0.25, 0.3) is 0 Å². The van der Waals surface area contributed by atoms with Crippen LogP contribution in [0.15, 0.2) is 12.2 Å². The van der Waals surface area contributed by atoms with Crippen LogP contribution in [-0.2, 0) is 14.3 Å². The number of nitrogens with zero attached hydrogens (tertiary/aromatic N) is 1. The summed E-state index contributed by atoms with van der Waals surface area (Å²) < 4.78 is 5.72. The Morgan fingerprint density at radius 2 is 1.91 bits per heavy atom. The van der Waals surface area contributed by atoms with E-state index in [0.717, 1.165) is 41.3 Å². The van der Waals surface area contributed by atoms with Gasteiger partial charge in [-0.25, -0.2) is 9.59 Å². The van der Waals surface area contributed by atoms with Crippen LogP contribution in [-0.4, -0.2) is 67.3 Å². The maximum absolute atomic E-state index is 12.4. The Morgan fingerprint density at radius 3 is 2.41 bits per heavy atom.